The van der Waals surface area contributed by atoms with Gasteiger partial charge in [0.1, 0.15) is 17.2 Å². The standard InChI is InChI=1S/C23H23FIN3O3/c1-23(2,3)31-22(30)27-18(13-9-10-13)20-26-19-16(11-14(24)12-17(19)25)21(29)28(20)15-7-5-4-6-8-15/h4-8,11-13,18H,9-10H2,1-3H3,(H,27,30)/t18-/m0/s1. The number of benzene rings is 2. The lowest BCUT2D eigenvalue weighted by Crippen LogP contribution is -2.39. The fourth-order valence-corrected chi connectivity index (χ4v) is 4.23. The highest BCUT2D eigenvalue weighted by Gasteiger charge is 2.38. The number of aromatic nitrogens is 2. The number of nitrogens with one attached hydrogen (secondary N) is 1. The maximum atomic E-state index is 14.1. The van der Waals surface area contributed by atoms with Crippen molar-refractivity contribution < 1.29 is 13.9 Å². The first-order chi connectivity index (χ1) is 14.6. The van der Waals surface area contributed by atoms with Gasteiger partial charge in [0.15, 0.2) is 0 Å². The molecule has 0 spiro atoms. The molecule has 8 heteroatoms. The average Bonchev–Trinajstić information content (AvgIpc) is 3.51. The van der Waals surface area contributed by atoms with E-state index in [4.69, 9.17) is 9.72 Å². The maximum Gasteiger partial charge on any atom is 0.408 e. The Morgan fingerprint density at radius 3 is 2.55 bits per heavy atom. The number of halogens is 2. The Bertz CT molecular complexity index is 1200. The lowest BCUT2D eigenvalue weighted by molar-refractivity contribution is 0.0493. The number of hydrogen-bond donors (Lipinski definition) is 1. The van der Waals surface area contributed by atoms with Gasteiger partial charge in [-0.25, -0.2) is 14.2 Å². The molecule has 1 aliphatic rings. The largest absolute Gasteiger partial charge is 0.444 e. The van der Waals surface area contributed by atoms with Crippen LogP contribution < -0.4 is 10.9 Å². The van der Waals surface area contributed by atoms with E-state index < -0.39 is 23.6 Å². The third-order valence-electron chi connectivity index (χ3n) is 4.98. The molecule has 1 aliphatic carbocycles. The maximum absolute atomic E-state index is 14.1. The number of hydrogen-bond acceptors (Lipinski definition) is 4. The van der Waals surface area contributed by atoms with Gasteiger partial charge in [-0.15, -0.1) is 0 Å². The minimum Gasteiger partial charge on any atom is -0.444 e. The molecule has 1 heterocycles. The number of fused-ring (bicyclic) bond motifs is 1. The number of carbonyl (C=O) groups is 1. The Hall–Kier alpha value is -2.49. The summed E-state index contributed by atoms with van der Waals surface area (Å²) >= 11 is 1.98. The van der Waals surface area contributed by atoms with Crippen molar-refractivity contribution in [2.24, 2.45) is 5.92 Å². The van der Waals surface area contributed by atoms with Gasteiger partial charge in [-0.1, -0.05) is 18.2 Å². The molecule has 0 bridgehead atoms. The number of para-hydroxylation sites is 1. The van der Waals surface area contributed by atoms with Crippen molar-refractivity contribution >= 4 is 39.6 Å². The van der Waals surface area contributed by atoms with Crippen LogP contribution in [0.3, 0.4) is 0 Å². The van der Waals surface area contributed by atoms with Gasteiger partial charge < -0.3 is 10.1 Å². The van der Waals surface area contributed by atoms with Crippen molar-refractivity contribution in [3.63, 3.8) is 0 Å². The zero-order valence-corrected chi connectivity index (χ0v) is 19.6. The van der Waals surface area contributed by atoms with E-state index >= 15 is 0 Å². The molecule has 1 saturated carbocycles. The topological polar surface area (TPSA) is 73.2 Å². The molecule has 4 rings (SSSR count). The molecule has 1 aromatic heterocycles. The van der Waals surface area contributed by atoms with Gasteiger partial charge in [0.25, 0.3) is 5.56 Å². The number of nitrogens with zero attached hydrogens (tertiary/aromatic N) is 2. The molecule has 6 nitrogen and oxygen atoms in total. The predicted molar refractivity (Wildman–Crippen MR) is 125 cm³/mol. The molecule has 0 aliphatic heterocycles. The minimum absolute atomic E-state index is 0.143. The fourth-order valence-electron chi connectivity index (χ4n) is 3.52. The quantitative estimate of drug-likeness (QED) is 0.472. The van der Waals surface area contributed by atoms with E-state index in [1.54, 1.807) is 32.9 Å². The Labute approximate surface area is 193 Å². The first-order valence-corrected chi connectivity index (χ1v) is 11.2. The van der Waals surface area contributed by atoms with Crippen molar-refractivity contribution in [1.82, 2.24) is 14.9 Å². The van der Waals surface area contributed by atoms with Gasteiger partial charge in [0.2, 0.25) is 0 Å². The SMILES string of the molecule is CC(C)(C)OC(=O)N[C@H](c1nc2c(I)cc(F)cc2c(=O)n1-c1ccccc1)C1CC1. The molecule has 1 fully saturated rings. The van der Waals surface area contributed by atoms with Crippen LogP contribution in [0.5, 0.6) is 0 Å². The second-order valence-corrected chi connectivity index (χ2v) is 9.85. The highest BCUT2D eigenvalue weighted by atomic mass is 127. The zero-order chi connectivity index (χ0) is 22.3. The van der Waals surface area contributed by atoms with Gasteiger partial charge in [0, 0.05) is 3.57 Å². The monoisotopic (exact) mass is 535 g/mol. The van der Waals surface area contributed by atoms with Crippen LogP contribution >= 0.6 is 22.6 Å². The molecule has 3 aromatic rings. The number of amides is 1. The van der Waals surface area contributed by atoms with E-state index in [2.05, 4.69) is 5.32 Å². The molecule has 162 valence electrons. The highest BCUT2D eigenvalue weighted by Crippen LogP contribution is 2.41. The molecular weight excluding hydrogens is 512 g/mol. The number of rotatable bonds is 4. The Morgan fingerprint density at radius 2 is 1.94 bits per heavy atom. The van der Waals surface area contributed by atoms with E-state index in [-0.39, 0.29) is 16.9 Å². The van der Waals surface area contributed by atoms with Crippen LogP contribution in [0, 0.1) is 15.3 Å². The van der Waals surface area contributed by atoms with Gasteiger partial charge in [-0.05, 0) is 86.4 Å². The normalized spacial score (nSPS) is 15.0. The molecular formula is C23H23FIN3O3. The van der Waals surface area contributed by atoms with Crippen molar-refractivity contribution in [3.05, 3.63) is 68.0 Å². The van der Waals surface area contributed by atoms with E-state index in [0.29, 0.717) is 20.6 Å². The molecule has 2 aromatic carbocycles. The molecule has 0 saturated heterocycles. The Balaban J connectivity index is 1.92. The molecule has 0 radical (unpaired) electrons. The third-order valence-corrected chi connectivity index (χ3v) is 5.80. The third kappa shape index (κ3) is 4.73. The Kier molecular flexibility index (Phi) is 5.76. The molecule has 1 amide bonds. The average molecular weight is 535 g/mol. The van der Waals surface area contributed by atoms with Crippen LogP contribution in [0.4, 0.5) is 9.18 Å². The molecule has 0 unspecified atom stereocenters. The summed E-state index contributed by atoms with van der Waals surface area (Å²) in [6.45, 7) is 5.39. The molecule has 1 atom stereocenters. The van der Waals surface area contributed by atoms with Crippen molar-refractivity contribution in [1.29, 1.82) is 0 Å². The summed E-state index contributed by atoms with van der Waals surface area (Å²) in [5.41, 5.74) is -0.0000421. The van der Waals surface area contributed by atoms with E-state index in [0.717, 1.165) is 12.8 Å². The number of ether oxygens (including phenoxy) is 1. The van der Waals surface area contributed by atoms with Crippen molar-refractivity contribution in [2.45, 2.75) is 45.3 Å². The van der Waals surface area contributed by atoms with Gasteiger partial charge in [-0.2, -0.15) is 0 Å². The first-order valence-electron chi connectivity index (χ1n) is 10.1. The predicted octanol–water partition coefficient (Wildman–Crippen LogP) is 5.11. The second kappa shape index (κ2) is 8.22. The summed E-state index contributed by atoms with van der Waals surface area (Å²) in [7, 11) is 0. The van der Waals surface area contributed by atoms with Gasteiger partial charge in [-0.3, -0.25) is 9.36 Å². The summed E-state index contributed by atoms with van der Waals surface area (Å²) in [5, 5.41) is 3.12. The summed E-state index contributed by atoms with van der Waals surface area (Å²) < 4.78 is 21.5. The van der Waals surface area contributed by atoms with Gasteiger partial charge in [0.05, 0.1) is 22.6 Å². The summed E-state index contributed by atoms with van der Waals surface area (Å²) in [6.07, 6.45) is 1.25. The van der Waals surface area contributed by atoms with Crippen LogP contribution in [0.2, 0.25) is 0 Å². The van der Waals surface area contributed by atoms with Crippen LogP contribution in [-0.2, 0) is 4.74 Å². The van der Waals surface area contributed by atoms with E-state index in [9.17, 15) is 14.0 Å². The first kappa shape index (κ1) is 21.7. The fraction of sp³-hybridized carbons (Fsp3) is 0.348. The van der Waals surface area contributed by atoms with Crippen LogP contribution in [0.25, 0.3) is 16.6 Å². The van der Waals surface area contributed by atoms with Crippen LogP contribution in [0.15, 0.2) is 47.3 Å². The summed E-state index contributed by atoms with van der Waals surface area (Å²) in [6, 6.07) is 11.1. The van der Waals surface area contributed by atoms with E-state index in [1.807, 2.05) is 40.8 Å². The van der Waals surface area contributed by atoms with Crippen LogP contribution in [0.1, 0.15) is 45.5 Å². The summed E-state index contributed by atoms with van der Waals surface area (Å²) in [5.74, 6) is 0.0697. The summed E-state index contributed by atoms with van der Waals surface area (Å²) in [4.78, 5) is 30.9. The van der Waals surface area contributed by atoms with Crippen molar-refractivity contribution in [2.75, 3.05) is 0 Å². The zero-order valence-electron chi connectivity index (χ0n) is 17.5. The smallest absolute Gasteiger partial charge is 0.408 e. The number of alkyl carbamates (subject to hydrolysis) is 1. The minimum atomic E-state index is -0.652. The van der Waals surface area contributed by atoms with Gasteiger partial charge >= 0.3 is 6.09 Å². The Morgan fingerprint density at radius 1 is 1.26 bits per heavy atom. The lowest BCUT2D eigenvalue weighted by atomic mass is 10.1. The highest BCUT2D eigenvalue weighted by molar-refractivity contribution is 14.1. The number of carbonyl (C=O) groups excluding carboxylic acids is 1. The lowest BCUT2D eigenvalue weighted by Gasteiger charge is -2.25. The van der Waals surface area contributed by atoms with E-state index in [1.165, 1.54) is 16.7 Å². The van der Waals surface area contributed by atoms with Crippen molar-refractivity contribution in [3.8, 4) is 5.69 Å². The second-order valence-electron chi connectivity index (χ2n) is 8.69. The molecule has 31 heavy (non-hydrogen) atoms. The van der Waals surface area contributed by atoms with Crippen LogP contribution in [-0.4, -0.2) is 21.2 Å². The molecule has 1 N–H and O–H groups in total.